The number of rotatable bonds is 2. The maximum absolute atomic E-state index is 14.5. The number of carbonyl (C=O) groups is 2. The van der Waals surface area contributed by atoms with Gasteiger partial charge in [0.25, 0.3) is 0 Å². The van der Waals surface area contributed by atoms with Gasteiger partial charge in [0.1, 0.15) is 0 Å². The molecular weight excluding hydrogens is 324 g/mol. The highest BCUT2D eigenvalue weighted by Crippen LogP contribution is 2.36. The molecule has 0 spiro atoms. The van der Waals surface area contributed by atoms with Crippen molar-refractivity contribution in [1.29, 1.82) is 0 Å². The number of halogens is 2. The maximum atomic E-state index is 14.5. The number of anilines is 1. The number of fused-ring (bicyclic) bond motifs is 2. The fourth-order valence-corrected chi connectivity index (χ4v) is 3.79. The van der Waals surface area contributed by atoms with Crippen LogP contribution < -0.4 is 5.32 Å². The summed E-state index contributed by atoms with van der Waals surface area (Å²) in [6, 6.07) is 7.21. The van der Waals surface area contributed by atoms with Crippen molar-refractivity contribution in [3.63, 3.8) is 0 Å². The normalized spacial score (nSPS) is 17.2. The van der Waals surface area contributed by atoms with Crippen LogP contribution in [0.2, 0.25) is 0 Å². The molecule has 4 rings (SSSR count). The Morgan fingerprint density at radius 2 is 1.52 bits per heavy atom. The van der Waals surface area contributed by atoms with E-state index < -0.39 is 23.2 Å². The van der Waals surface area contributed by atoms with Gasteiger partial charge < -0.3 is 5.32 Å². The van der Waals surface area contributed by atoms with Crippen molar-refractivity contribution in [1.82, 2.24) is 0 Å². The molecule has 0 atom stereocenters. The van der Waals surface area contributed by atoms with Crippen LogP contribution in [0, 0.1) is 11.6 Å². The zero-order chi connectivity index (χ0) is 17.6. The van der Waals surface area contributed by atoms with Gasteiger partial charge in [0.05, 0.1) is 11.3 Å². The Morgan fingerprint density at radius 1 is 0.880 bits per heavy atom. The Bertz CT molecular complexity index is 886. The van der Waals surface area contributed by atoms with E-state index in [1.165, 1.54) is 6.07 Å². The van der Waals surface area contributed by atoms with Gasteiger partial charge in [-0.15, -0.1) is 0 Å². The number of hydrogen-bond donors (Lipinski definition) is 1. The van der Waals surface area contributed by atoms with E-state index in [2.05, 4.69) is 5.32 Å². The second-order valence-electron chi connectivity index (χ2n) is 6.65. The SMILES string of the molecule is O=C1c2ccccc2C(=O)c2c1cc(F)c(F)c2NC1CCCCC1. The highest BCUT2D eigenvalue weighted by Gasteiger charge is 2.35. The van der Waals surface area contributed by atoms with Gasteiger partial charge in [-0.2, -0.15) is 0 Å². The fourth-order valence-electron chi connectivity index (χ4n) is 3.79. The number of benzene rings is 2. The van der Waals surface area contributed by atoms with Gasteiger partial charge in [-0.1, -0.05) is 43.5 Å². The molecule has 3 nitrogen and oxygen atoms in total. The molecule has 25 heavy (non-hydrogen) atoms. The standard InChI is InChI=1S/C20H17F2NO2/c21-15-10-14-16(18(17(15)22)23-11-6-2-1-3-7-11)20(25)13-9-5-4-8-12(13)19(14)24/h4-5,8-11,23H,1-3,6-7H2. The van der Waals surface area contributed by atoms with Crippen LogP contribution in [-0.2, 0) is 0 Å². The van der Waals surface area contributed by atoms with E-state index in [1.54, 1.807) is 18.2 Å². The molecule has 1 fully saturated rings. The van der Waals surface area contributed by atoms with Crippen LogP contribution in [0.1, 0.15) is 63.9 Å². The van der Waals surface area contributed by atoms with Gasteiger partial charge >= 0.3 is 0 Å². The lowest BCUT2D eigenvalue weighted by atomic mass is 9.82. The maximum Gasteiger partial charge on any atom is 0.196 e. The first-order valence-corrected chi connectivity index (χ1v) is 8.55. The largest absolute Gasteiger partial charge is 0.379 e. The lowest BCUT2D eigenvalue weighted by Gasteiger charge is -2.27. The molecule has 2 aliphatic rings. The van der Waals surface area contributed by atoms with Gasteiger partial charge in [0.2, 0.25) is 0 Å². The van der Waals surface area contributed by atoms with Crippen LogP contribution in [0.4, 0.5) is 14.5 Å². The van der Waals surface area contributed by atoms with E-state index in [1.807, 2.05) is 0 Å². The molecule has 0 unspecified atom stereocenters. The van der Waals surface area contributed by atoms with Crippen LogP contribution in [-0.4, -0.2) is 17.6 Å². The molecule has 2 aromatic carbocycles. The minimum absolute atomic E-state index is 0.0192. The Kier molecular flexibility index (Phi) is 3.86. The number of ketones is 2. The van der Waals surface area contributed by atoms with E-state index in [-0.39, 0.29) is 34.0 Å². The van der Waals surface area contributed by atoms with Crippen molar-refractivity contribution in [2.24, 2.45) is 0 Å². The molecule has 0 bridgehead atoms. The number of hydrogen-bond acceptors (Lipinski definition) is 3. The molecule has 0 saturated heterocycles. The second kappa shape index (κ2) is 6.06. The molecular formula is C20H17F2NO2. The number of carbonyl (C=O) groups excluding carboxylic acids is 2. The first-order valence-electron chi connectivity index (χ1n) is 8.55. The molecule has 0 amide bonds. The molecule has 0 heterocycles. The predicted molar refractivity (Wildman–Crippen MR) is 90.2 cm³/mol. The average Bonchev–Trinajstić information content (AvgIpc) is 2.64. The summed E-state index contributed by atoms with van der Waals surface area (Å²) < 4.78 is 28.6. The Morgan fingerprint density at radius 3 is 2.20 bits per heavy atom. The summed E-state index contributed by atoms with van der Waals surface area (Å²) in [6.45, 7) is 0. The molecule has 0 aromatic heterocycles. The zero-order valence-corrected chi connectivity index (χ0v) is 13.6. The molecule has 1 N–H and O–H groups in total. The minimum atomic E-state index is -1.11. The Hall–Kier alpha value is -2.56. The summed E-state index contributed by atoms with van der Waals surface area (Å²) in [6.07, 6.45) is 4.80. The summed E-state index contributed by atoms with van der Waals surface area (Å²) in [5.41, 5.74) is 0.177. The van der Waals surface area contributed by atoms with E-state index in [0.29, 0.717) is 0 Å². The van der Waals surface area contributed by atoms with Crippen molar-refractivity contribution in [2.45, 2.75) is 38.1 Å². The first-order chi connectivity index (χ1) is 12.1. The summed E-state index contributed by atoms with van der Waals surface area (Å²) in [5.74, 6) is -3.10. The first kappa shape index (κ1) is 15.9. The van der Waals surface area contributed by atoms with E-state index in [9.17, 15) is 18.4 Å². The molecule has 0 radical (unpaired) electrons. The van der Waals surface area contributed by atoms with Crippen molar-refractivity contribution in [3.8, 4) is 0 Å². The molecule has 1 saturated carbocycles. The average molecular weight is 341 g/mol. The molecule has 2 aromatic rings. The second-order valence-corrected chi connectivity index (χ2v) is 6.65. The third-order valence-corrected chi connectivity index (χ3v) is 5.06. The highest BCUT2D eigenvalue weighted by molar-refractivity contribution is 6.30. The topological polar surface area (TPSA) is 46.2 Å². The predicted octanol–water partition coefficient (Wildman–Crippen LogP) is 4.48. The monoisotopic (exact) mass is 341 g/mol. The van der Waals surface area contributed by atoms with Crippen molar-refractivity contribution in [2.75, 3.05) is 5.32 Å². The van der Waals surface area contributed by atoms with Crippen LogP contribution in [0.15, 0.2) is 30.3 Å². The smallest absolute Gasteiger partial charge is 0.196 e. The molecule has 2 aliphatic carbocycles. The third-order valence-electron chi connectivity index (χ3n) is 5.06. The summed E-state index contributed by atoms with van der Waals surface area (Å²) in [4.78, 5) is 25.6. The zero-order valence-electron chi connectivity index (χ0n) is 13.6. The quantitative estimate of drug-likeness (QED) is 0.747. The van der Waals surface area contributed by atoms with Crippen LogP contribution in [0.25, 0.3) is 0 Å². The summed E-state index contributed by atoms with van der Waals surface area (Å²) in [7, 11) is 0. The van der Waals surface area contributed by atoms with Crippen molar-refractivity contribution in [3.05, 3.63) is 64.2 Å². The summed E-state index contributed by atoms with van der Waals surface area (Å²) >= 11 is 0. The minimum Gasteiger partial charge on any atom is -0.379 e. The van der Waals surface area contributed by atoms with Crippen LogP contribution in [0.3, 0.4) is 0 Å². The van der Waals surface area contributed by atoms with Gasteiger partial charge in [-0.25, -0.2) is 8.78 Å². The molecule has 0 aliphatic heterocycles. The highest BCUT2D eigenvalue weighted by atomic mass is 19.2. The van der Waals surface area contributed by atoms with Crippen molar-refractivity contribution >= 4 is 17.3 Å². The lowest BCUT2D eigenvalue weighted by molar-refractivity contribution is 0.0979. The van der Waals surface area contributed by atoms with E-state index in [4.69, 9.17) is 0 Å². The van der Waals surface area contributed by atoms with Gasteiger partial charge in [0.15, 0.2) is 23.2 Å². The van der Waals surface area contributed by atoms with Gasteiger partial charge in [-0.05, 0) is 18.9 Å². The van der Waals surface area contributed by atoms with Crippen molar-refractivity contribution < 1.29 is 18.4 Å². The van der Waals surface area contributed by atoms with Crippen LogP contribution >= 0.6 is 0 Å². The fraction of sp³-hybridized carbons (Fsp3) is 0.300. The van der Waals surface area contributed by atoms with Gasteiger partial charge in [-0.3, -0.25) is 9.59 Å². The van der Waals surface area contributed by atoms with Crippen LogP contribution in [0.5, 0.6) is 0 Å². The van der Waals surface area contributed by atoms with E-state index >= 15 is 0 Å². The Labute approximate surface area is 144 Å². The summed E-state index contributed by atoms with van der Waals surface area (Å²) in [5, 5.41) is 3.01. The number of nitrogens with one attached hydrogen (secondary N) is 1. The lowest BCUT2D eigenvalue weighted by Crippen LogP contribution is -2.28. The van der Waals surface area contributed by atoms with E-state index in [0.717, 1.165) is 38.2 Å². The molecule has 128 valence electrons. The van der Waals surface area contributed by atoms with Gasteiger partial charge in [0, 0.05) is 22.7 Å². The molecule has 5 heteroatoms. The third kappa shape index (κ3) is 2.54. The Balaban J connectivity index is 1.87.